The second-order valence-corrected chi connectivity index (χ2v) is 5.24. The summed E-state index contributed by atoms with van der Waals surface area (Å²) in [5, 5.41) is 17.3. The molecule has 1 rings (SSSR count). The summed E-state index contributed by atoms with van der Waals surface area (Å²) in [7, 11) is -1.78. The zero-order chi connectivity index (χ0) is 15.3. The van der Waals surface area contributed by atoms with Gasteiger partial charge in [-0.25, -0.2) is 0 Å². The first-order valence-electron chi connectivity index (χ1n) is 7.98. The van der Waals surface area contributed by atoms with Crippen molar-refractivity contribution in [2.45, 2.75) is 58.3 Å². The fourth-order valence-electron chi connectivity index (χ4n) is 2.16. The third kappa shape index (κ3) is 9.37. The lowest BCUT2D eigenvalue weighted by Gasteiger charge is -2.08. The minimum atomic E-state index is -1.78. The summed E-state index contributed by atoms with van der Waals surface area (Å²) in [6.45, 7) is 2.96. The Morgan fingerprint density at radius 3 is 1.90 bits per heavy atom. The third-order valence-electron chi connectivity index (χ3n) is 3.33. The number of hydrogen-bond donors (Lipinski definition) is 2. The maximum Gasteiger partial charge on any atom is 0.707 e. The fraction of sp³-hybridized carbons (Fsp3) is 0.625. The Balaban J connectivity index is 2.02. The van der Waals surface area contributed by atoms with Crippen LogP contribution in [-0.2, 0) is 0 Å². The van der Waals surface area contributed by atoms with Gasteiger partial charge in [0.05, 0.1) is 6.61 Å². The quantitative estimate of drug-likeness (QED) is 0.457. The first-order chi connectivity index (χ1) is 10.2. The molecule has 0 aliphatic carbocycles. The van der Waals surface area contributed by atoms with E-state index in [9.17, 15) is 0 Å². The first kappa shape index (κ1) is 17.9. The highest BCUT2D eigenvalue weighted by Gasteiger charge is 2.10. The Bertz CT molecular complexity index is 354. The van der Waals surface area contributed by atoms with Gasteiger partial charge in [0.25, 0.3) is 0 Å². The molecule has 4 nitrogen and oxygen atoms in total. The summed E-state index contributed by atoms with van der Waals surface area (Å²) in [5.41, 5.74) is 0. The van der Waals surface area contributed by atoms with E-state index in [0.29, 0.717) is 5.75 Å². The first-order valence-corrected chi connectivity index (χ1v) is 7.98. The van der Waals surface area contributed by atoms with E-state index in [1.165, 1.54) is 44.9 Å². The van der Waals surface area contributed by atoms with Crippen LogP contribution in [0.15, 0.2) is 24.3 Å². The SMILES string of the molecule is CCCCCCCCCCOc1ccc(OB(O)O)cc1. The molecule has 0 atom stereocenters. The van der Waals surface area contributed by atoms with Crippen LogP contribution < -0.4 is 9.39 Å². The van der Waals surface area contributed by atoms with Gasteiger partial charge in [0.1, 0.15) is 11.5 Å². The average Bonchev–Trinajstić information content (AvgIpc) is 2.47. The monoisotopic (exact) mass is 294 g/mol. The summed E-state index contributed by atoms with van der Waals surface area (Å²) in [5.74, 6) is 1.18. The minimum Gasteiger partial charge on any atom is -0.512 e. The van der Waals surface area contributed by atoms with Gasteiger partial charge in [-0.15, -0.1) is 0 Å². The van der Waals surface area contributed by atoms with Gasteiger partial charge in [0, 0.05) is 0 Å². The molecule has 0 aliphatic heterocycles. The second kappa shape index (κ2) is 11.5. The molecule has 0 aliphatic rings. The lowest BCUT2D eigenvalue weighted by Crippen LogP contribution is -2.20. The van der Waals surface area contributed by atoms with Gasteiger partial charge in [-0.1, -0.05) is 51.9 Å². The van der Waals surface area contributed by atoms with Crippen molar-refractivity contribution in [3.8, 4) is 11.5 Å². The van der Waals surface area contributed by atoms with Gasteiger partial charge in [-0.3, -0.25) is 0 Å². The number of rotatable bonds is 12. The van der Waals surface area contributed by atoms with Crippen molar-refractivity contribution in [3.63, 3.8) is 0 Å². The molecule has 2 N–H and O–H groups in total. The highest BCUT2D eigenvalue weighted by Crippen LogP contribution is 2.18. The van der Waals surface area contributed by atoms with Crippen molar-refractivity contribution >= 4 is 7.32 Å². The Labute approximate surface area is 128 Å². The molecule has 1 aromatic carbocycles. The standard InChI is InChI=1S/C16H27BO4/c1-2-3-4-5-6-7-8-9-14-20-15-10-12-16(13-11-15)21-17(18)19/h10-13,18-19H,2-9,14H2,1H3. The van der Waals surface area contributed by atoms with E-state index >= 15 is 0 Å². The van der Waals surface area contributed by atoms with E-state index in [1.807, 2.05) is 0 Å². The highest BCUT2D eigenvalue weighted by molar-refractivity contribution is 6.33. The number of unbranched alkanes of at least 4 members (excludes halogenated alkanes) is 7. The van der Waals surface area contributed by atoms with Crippen LogP contribution >= 0.6 is 0 Å². The largest absolute Gasteiger partial charge is 0.707 e. The van der Waals surface area contributed by atoms with Crippen molar-refractivity contribution in [1.29, 1.82) is 0 Å². The summed E-state index contributed by atoms with van der Waals surface area (Å²) < 4.78 is 10.4. The van der Waals surface area contributed by atoms with Crippen LogP contribution in [0.4, 0.5) is 0 Å². The van der Waals surface area contributed by atoms with Crippen LogP contribution in [0.3, 0.4) is 0 Å². The smallest absolute Gasteiger partial charge is 0.512 e. The minimum absolute atomic E-state index is 0.407. The summed E-state index contributed by atoms with van der Waals surface area (Å²) in [4.78, 5) is 0. The predicted molar refractivity (Wildman–Crippen MR) is 85.4 cm³/mol. The zero-order valence-electron chi connectivity index (χ0n) is 13.0. The molecule has 0 amide bonds. The number of benzene rings is 1. The summed E-state index contributed by atoms with van der Waals surface area (Å²) in [6.07, 6.45) is 10.3. The van der Waals surface area contributed by atoms with Gasteiger partial charge < -0.3 is 19.4 Å². The van der Waals surface area contributed by atoms with Crippen molar-refractivity contribution < 1.29 is 19.4 Å². The van der Waals surface area contributed by atoms with Crippen molar-refractivity contribution in [3.05, 3.63) is 24.3 Å². The molecule has 0 radical (unpaired) electrons. The zero-order valence-corrected chi connectivity index (χ0v) is 13.0. The molecule has 0 heterocycles. The van der Waals surface area contributed by atoms with Crippen LogP contribution in [0.25, 0.3) is 0 Å². The molecule has 0 saturated carbocycles. The average molecular weight is 294 g/mol. The lowest BCUT2D eigenvalue weighted by molar-refractivity contribution is 0.286. The third-order valence-corrected chi connectivity index (χ3v) is 3.33. The molecular formula is C16H27BO4. The lowest BCUT2D eigenvalue weighted by atomic mass is 10.1. The fourth-order valence-corrected chi connectivity index (χ4v) is 2.16. The van der Waals surface area contributed by atoms with Crippen molar-refractivity contribution in [2.24, 2.45) is 0 Å². The van der Waals surface area contributed by atoms with E-state index in [4.69, 9.17) is 19.4 Å². The van der Waals surface area contributed by atoms with Gasteiger partial charge in [-0.2, -0.15) is 0 Å². The van der Waals surface area contributed by atoms with E-state index in [1.54, 1.807) is 24.3 Å². The Hall–Kier alpha value is -1.20. The number of hydrogen-bond acceptors (Lipinski definition) is 4. The maximum atomic E-state index is 8.67. The van der Waals surface area contributed by atoms with Crippen LogP contribution in [0.2, 0.25) is 0 Å². The second-order valence-electron chi connectivity index (χ2n) is 5.24. The Morgan fingerprint density at radius 2 is 1.33 bits per heavy atom. The molecule has 1 aromatic rings. The molecule has 5 heteroatoms. The summed E-state index contributed by atoms with van der Waals surface area (Å²) in [6, 6.07) is 6.84. The van der Waals surface area contributed by atoms with Crippen molar-refractivity contribution in [2.75, 3.05) is 6.61 Å². The molecule has 118 valence electrons. The molecule has 0 bridgehead atoms. The van der Waals surface area contributed by atoms with E-state index < -0.39 is 7.32 Å². The van der Waals surface area contributed by atoms with Crippen molar-refractivity contribution in [1.82, 2.24) is 0 Å². The van der Waals surface area contributed by atoms with E-state index in [-0.39, 0.29) is 0 Å². The molecule has 0 fully saturated rings. The molecule has 0 spiro atoms. The Kier molecular flexibility index (Phi) is 9.75. The maximum absolute atomic E-state index is 8.67. The number of ether oxygens (including phenoxy) is 1. The molecule has 0 unspecified atom stereocenters. The molecule has 21 heavy (non-hydrogen) atoms. The van der Waals surface area contributed by atoms with E-state index in [2.05, 4.69) is 6.92 Å². The Morgan fingerprint density at radius 1 is 0.810 bits per heavy atom. The topological polar surface area (TPSA) is 58.9 Å². The van der Waals surface area contributed by atoms with Crippen LogP contribution in [0.1, 0.15) is 58.3 Å². The summed E-state index contributed by atoms with van der Waals surface area (Å²) >= 11 is 0. The molecule has 0 aromatic heterocycles. The van der Waals surface area contributed by atoms with Gasteiger partial charge in [0.15, 0.2) is 0 Å². The van der Waals surface area contributed by atoms with Crippen LogP contribution in [0, 0.1) is 0 Å². The molecular weight excluding hydrogens is 267 g/mol. The van der Waals surface area contributed by atoms with Gasteiger partial charge in [-0.05, 0) is 30.7 Å². The van der Waals surface area contributed by atoms with Crippen LogP contribution in [-0.4, -0.2) is 24.0 Å². The normalized spacial score (nSPS) is 10.4. The van der Waals surface area contributed by atoms with E-state index in [0.717, 1.165) is 18.8 Å². The predicted octanol–water partition coefficient (Wildman–Crippen LogP) is 3.55. The van der Waals surface area contributed by atoms with Gasteiger partial charge in [0.2, 0.25) is 0 Å². The van der Waals surface area contributed by atoms with Gasteiger partial charge >= 0.3 is 7.32 Å². The highest BCUT2D eigenvalue weighted by atomic mass is 16.6. The van der Waals surface area contributed by atoms with Crippen LogP contribution in [0.5, 0.6) is 11.5 Å². The molecule has 0 saturated heterocycles.